The molecule has 0 aromatic carbocycles. The highest BCUT2D eigenvalue weighted by molar-refractivity contribution is 5.81. The van der Waals surface area contributed by atoms with Crippen LogP contribution in [0.15, 0.2) is 18.2 Å². The van der Waals surface area contributed by atoms with Crippen LogP contribution in [0.3, 0.4) is 0 Å². The minimum Gasteiger partial charge on any atom is -0.465 e. The lowest BCUT2D eigenvalue weighted by Gasteiger charge is -2.09. The molecule has 0 saturated heterocycles. The van der Waals surface area contributed by atoms with E-state index in [1.807, 2.05) is 6.07 Å². The SMILES string of the molecule is O=C(O)Nc1cccc(CC2CCC(O)C2)n1. The van der Waals surface area contributed by atoms with Crippen LogP contribution in [0.2, 0.25) is 0 Å². The fourth-order valence-electron chi connectivity index (χ4n) is 2.30. The first-order chi connectivity index (χ1) is 8.13. The van der Waals surface area contributed by atoms with Crippen molar-refractivity contribution < 1.29 is 15.0 Å². The Balaban J connectivity index is 1.98. The lowest BCUT2D eigenvalue weighted by Crippen LogP contribution is -2.10. The zero-order valence-corrected chi connectivity index (χ0v) is 9.47. The lowest BCUT2D eigenvalue weighted by molar-refractivity contribution is 0.177. The van der Waals surface area contributed by atoms with Gasteiger partial charge in [0.2, 0.25) is 0 Å². The molecule has 2 rings (SSSR count). The largest absolute Gasteiger partial charge is 0.465 e. The summed E-state index contributed by atoms with van der Waals surface area (Å²) in [5, 5.41) is 20.3. The van der Waals surface area contributed by atoms with Crippen molar-refractivity contribution in [3.05, 3.63) is 23.9 Å². The quantitative estimate of drug-likeness (QED) is 0.748. The van der Waals surface area contributed by atoms with E-state index >= 15 is 0 Å². The minimum atomic E-state index is -1.11. The Morgan fingerprint density at radius 3 is 2.94 bits per heavy atom. The molecule has 2 unspecified atom stereocenters. The molecule has 5 heteroatoms. The molecule has 1 aliphatic rings. The van der Waals surface area contributed by atoms with Gasteiger partial charge in [-0.05, 0) is 43.7 Å². The van der Waals surface area contributed by atoms with Gasteiger partial charge in [-0.2, -0.15) is 0 Å². The Hall–Kier alpha value is -1.62. The maximum absolute atomic E-state index is 10.5. The molecule has 1 heterocycles. The molecule has 3 N–H and O–H groups in total. The van der Waals surface area contributed by atoms with Crippen LogP contribution in [-0.4, -0.2) is 27.4 Å². The number of aliphatic hydroxyl groups is 1. The average Bonchev–Trinajstić information content (AvgIpc) is 2.63. The van der Waals surface area contributed by atoms with Crippen molar-refractivity contribution in [3.63, 3.8) is 0 Å². The van der Waals surface area contributed by atoms with Crippen molar-refractivity contribution >= 4 is 11.9 Å². The van der Waals surface area contributed by atoms with Gasteiger partial charge >= 0.3 is 6.09 Å². The van der Waals surface area contributed by atoms with E-state index in [4.69, 9.17) is 5.11 Å². The highest BCUT2D eigenvalue weighted by Crippen LogP contribution is 2.28. The predicted octanol–water partition coefficient (Wildman–Crippen LogP) is 1.87. The van der Waals surface area contributed by atoms with E-state index < -0.39 is 6.09 Å². The summed E-state index contributed by atoms with van der Waals surface area (Å²) in [6.07, 6.45) is 2.20. The Labute approximate surface area is 99.5 Å². The molecule has 0 bridgehead atoms. The number of hydrogen-bond acceptors (Lipinski definition) is 3. The monoisotopic (exact) mass is 236 g/mol. The zero-order chi connectivity index (χ0) is 12.3. The van der Waals surface area contributed by atoms with E-state index in [0.717, 1.165) is 31.4 Å². The van der Waals surface area contributed by atoms with Gasteiger partial charge in [-0.15, -0.1) is 0 Å². The first-order valence-corrected chi connectivity index (χ1v) is 5.77. The predicted molar refractivity (Wildman–Crippen MR) is 62.9 cm³/mol. The standard InChI is InChI=1S/C12H16N2O3/c15-10-5-4-8(7-10)6-9-2-1-3-11(13-9)14-12(16)17/h1-3,8,10,15H,4-7H2,(H,13,14)(H,16,17). The molecule has 0 spiro atoms. The Morgan fingerprint density at radius 2 is 2.29 bits per heavy atom. The number of aliphatic hydroxyl groups excluding tert-OH is 1. The first kappa shape index (κ1) is 11.9. The molecule has 0 aliphatic heterocycles. The molecule has 0 radical (unpaired) electrons. The van der Waals surface area contributed by atoms with Crippen molar-refractivity contribution in [2.75, 3.05) is 5.32 Å². The van der Waals surface area contributed by atoms with Crippen molar-refractivity contribution in [1.29, 1.82) is 0 Å². The second-order valence-corrected chi connectivity index (χ2v) is 4.48. The number of anilines is 1. The number of carboxylic acid groups (broad SMARTS) is 1. The summed E-state index contributed by atoms with van der Waals surface area (Å²) < 4.78 is 0. The summed E-state index contributed by atoms with van der Waals surface area (Å²) in [7, 11) is 0. The summed E-state index contributed by atoms with van der Waals surface area (Å²) in [6, 6.07) is 5.30. The molecule has 1 aromatic heterocycles. The van der Waals surface area contributed by atoms with Crippen LogP contribution in [0.25, 0.3) is 0 Å². The summed E-state index contributed by atoms with van der Waals surface area (Å²) in [4.78, 5) is 14.7. The second kappa shape index (κ2) is 5.14. The maximum Gasteiger partial charge on any atom is 0.410 e. The summed E-state index contributed by atoms with van der Waals surface area (Å²) in [6.45, 7) is 0. The third-order valence-electron chi connectivity index (χ3n) is 3.05. The third-order valence-corrected chi connectivity index (χ3v) is 3.05. The maximum atomic E-state index is 10.5. The number of amides is 1. The Bertz CT molecular complexity index is 408. The van der Waals surface area contributed by atoms with Gasteiger partial charge in [-0.1, -0.05) is 6.07 Å². The van der Waals surface area contributed by atoms with Crippen LogP contribution in [0, 0.1) is 5.92 Å². The summed E-state index contributed by atoms with van der Waals surface area (Å²) in [5.74, 6) is 0.811. The second-order valence-electron chi connectivity index (χ2n) is 4.48. The van der Waals surface area contributed by atoms with Crippen molar-refractivity contribution in [3.8, 4) is 0 Å². The number of carbonyl (C=O) groups is 1. The van der Waals surface area contributed by atoms with Gasteiger partial charge in [-0.25, -0.2) is 9.78 Å². The van der Waals surface area contributed by atoms with Gasteiger partial charge in [0.25, 0.3) is 0 Å². The fraction of sp³-hybridized carbons (Fsp3) is 0.500. The topological polar surface area (TPSA) is 82.5 Å². The molecule has 1 fully saturated rings. The van der Waals surface area contributed by atoms with Crippen LogP contribution in [-0.2, 0) is 6.42 Å². The average molecular weight is 236 g/mol. The first-order valence-electron chi connectivity index (χ1n) is 5.77. The van der Waals surface area contributed by atoms with E-state index in [9.17, 15) is 9.90 Å². The number of aromatic nitrogens is 1. The number of pyridine rings is 1. The van der Waals surface area contributed by atoms with Crippen molar-refractivity contribution in [2.45, 2.75) is 31.8 Å². The smallest absolute Gasteiger partial charge is 0.410 e. The van der Waals surface area contributed by atoms with E-state index in [2.05, 4.69) is 10.3 Å². The summed E-state index contributed by atoms with van der Waals surface area (Å²) in [5.41, 5.74) is 0.871. The highest BCUT2D eigenvalue weighted by atomic mass is 16.4. The number of nitrogens with zero attached hydrogens (tertiary/aromatic N) is 1. The minimum absolute atomic E-state index is 0.180. The number of nitrogens with one attached hydrogen (secondary N) is 1. The number of rotatable bonds is 3. The van der Waals surface area contributed by atoms with Gasteiger partial charge in [0, 0.05) is 5.69 Å². The summed E-state index contributed by atoms with van der Waals surface area (Å²) >= 11 is 0. The van der Waals surface area contributed by atoms with Gasteiger partial charge in [0.1, 0.15) is 5.82 Å². The lowest BCUT2D eigenvalue weighted by atomic mass is 10.0. The van der Waals surface area contributed by atoms with Crippen LogP contribution in [0.5, 0.6) is 0 Å². The van der Waals surface area contributed by atoms with Gasteiger partial charge < -0.3 is 10.2 Å². The molecular weight excluding hydrogens is 220 g/mol. The Morgan fingerprint density at radius 1 is 1.47 bits per heavy atom. The van der Waals surface area contributed by atoms with E-state index in [0.29, 0.717) is 11.7 Å². The fourth-order valence-corrected chi connectivity index (χ4v) is 2.30. The van der Waals surface area contributed by atoms with E-state index in [1.165, 1.54) is 0 Å². The van der Waals surface area contributed by atoms with Gasteiger partial charge in [-0.3, -0.25) is 5.32 Å². The molecule has 2 atom stereocenters. The molecule has 1 amide bonds. The van der Waals surface area contributed by atoms with E-state index in [-0.39, 0.29) is 6.10 Å². The Kier molecular flexibility index (Phi) is 3.58. The molecule has 1 saturated carbocycles. The van der Waals surface area contributed by atoms with Crippen LogP contribution >= 0.6 is 0 Å². The van der Waals surface area contributed by atoms with E-state index in [1.54, 1.807) is 12.1 Å². The third kappa shape index (κ3) is 3.42. The van der Waals surface area contributed by atoms with Gasteiger partial charge in [0.05, 0.1) is 6.10 Å². The molecule has 1 aromatic rings. The molecule has 17 heavy (non-hydrogen) atoms. The van der Waals surface area contributed by atoms with Crippen molar-refractivity contribution in [1.82, 2.24) is 4.98 Å². The molecular formula is C12H16N2O3. The van der Waals surface area contributed by atoms with Crippen LogP contribution < -0.4 is 5.32 Å². The molecule has 5 nitrogen and oxygen atoms in total. The van der Waals surface area contributed by atoms with Crippen LogP contribution in [0.1, 0.15) is 25.0 Å². The number of hydrogen-bond donors (Lipinski definition) is 3. The normalized spacial score (nSPS) is 23.6. The van der Waals surface area contributed by atoms with Gasteiger partial charge in [0.15, 0.2) is 0 Å². The highest BCUT2D eigenvalue weighted by Gasteiger charge is 2.23. The van der Waals surface area contributed by atoms with Crippen LogP contribution in [0.4, 0.5) is 10.6 Å². The van der Waals surface area contributed by atoms with Crippen molar-refractivity contribution in [2.24, 2.45) is 5.92 Å². The molecule has 92 valence electrons. The molecule has 1 aliphatic carbocycles. The zero-order valence-electron chi connectivity index (χ0n) is 9.47.